The molecule has 2 N–H and O–H groups in total. The van der Waals surface area contributed by atoms with Crippen molar-refractivity contribution in [2.75, 3.05) is 23.7 Å². The summed E-state index contributed by atoms with van der Waals surface area (Å²) in [6.07, 6.45) is 6.20. The number of nitrogen functional groups attached to an aromatic ring is 1. The maximum absolute atomic E-state index is 12.8. The maximum atomic E-state index is 12.8. The van der Waals surface area contributed by atoms with Gasteiger partial charge in [0.1, 0.15) is 0 Å². The van der Waals surface area contributed by atoms with Gasteiger partial charge in [0.15, 0.2) is 11.6 Å². The summed E-state index contributed by atoms with van der Waals surface area (Å²) in [4.78, 5) is 9.72. The van der Waals surface area contributed by atoms with E-state index >= 15 is 0 Å². The molecule has 14 heavy (non-hydrogen) atoms. The second kappa shape index (κ2) is 3.61. The fourth-order valence-corrected chi connectivity index (χ4v) is 1.35. The Balaban J connectivity index is 2.23. The Morgan fingerprint density at radius 1 is 1.43 bits per heavy atom. The van der Waals surface area contributed by atoms with Crippen molar-refractivity contribution in [3.8, 4) is 0 Å². The first kappa shape index (κ1) is 8.93. The van der Waals surface area contributed by atoms with Crippen LogP contribution < -0.4 is 10.6 Å². The summed E-state index contributed by atoms with van der Waals surface area (Å²) in [6.45, 7) is 1.60. The summed E-state index contributed by atoms with van der Waals surface area (Å²) in [6, 6.07) is 0. The van der Waals surface area contributed by atoms with Crippen molar-refractivity contribution in [1.82, 2.24) is 9.97 Å². The van der Waals surface area contributed by atoms with Gasteiger partial charge in [0.05, 0.1) is 6.20 Å². The number of anilines is 2. The Morgan fingerprint density at radius 2 is 2.29 bits per heavy atom. The lowest BCUT2D eigenvalue weighted by molar-refractivity contribution is 0.617. The van der Waals surface area contributed by atoms with Gasteiger partial charge >= 0.3 is 0 Å². The molecule has 0 radical (unpaired) electrons. The SMILES string of the molecule is Nc1nc(N2CC=CCC2)ncc1F. The summed E-state index contributed by atoms with van der Waals surface area (Å²) >= 11 is 0. The van der Waals surface area contributed by atoms with E-state index in [1.807, 2.05) is 11.0 Å². The Bertz CT molecular complexity index is 364. The van der Waals surface area contributed by atoms with Crippen LogP contribution in [-0.2, 0) is 0 Å². The number of aromatic nitrogens is 2. The molecule has 0 atom stereocenters. The van der Waals surface area contributed by atoms with Crippen LogP contribution in [0.3, 0.4) is 0 Å². The van der Waals surface area contributed by atoms with E-state index in [9.17, 15) is 4.39 Å². The van der Waals surface area contributed by atoms with Crippen LogP contribution in [0.5, 0.6) is 0 Å². The smallest absolute Gasteiger partial charge is 0.227 e. The van der Waals surface area contributed by atoms with Crippen LogP contribution in [0.15, 0.2) is 18.3 Å². The minimum absolute atomic E-state index is 0.0930. The molecule has 0 amide bonds. The third kappa shape index (κ3) is 1.66. The van der Waals surface area contributed by atoms with Crippen LogP contribution in [0.2, 0.25) is 0 Å². The molecule has 0 bridgehead atoms. The molecule has 0 saturated carbocycles. The normalized spacial score (nSPS) is 15.9. The van der Waals surface area contributed by atoms with Gasteiger partial charge in [-0.05, 0) is 6.42 Å². The predicted octanol–water partition coefficient (Wildman–Crippen LogP) is 0.964. The van der Waals surface area contributed by atoms with Gasteiger partial charge in [0.25, 0.3) is 0 Å². The molecule has 0 aliphatic carbocycles. The van der Waals surface area contributed by atoms with Crippen LogP contribution in [-0.4, -0.2) is 23.1 Å². The molecule has 1 aliphatic rings. The highest BCUT2D eigenvalue weighted by Crippen LogP contribution is 2.14. The lowest BCUT2D eigenvalue weighted by Crippen LogP contribution is -2.28. The summed E-state index contributed by atoms with van der Waals surface area (Å²) in [5, 5.41) is 0. The molecule has 0 aromatic carbocycles. The van der Waals surface area contributed by atoms with Crippen LogP contribution in [0.4, 0.5) is 16.2 Å². The topological polar surface area (TPSA) is 55.0 Å². The van der Waals surface area contributed by atoms with Crippen molar-refractivity contribution >= 4 is 11.8 Å². The molecule has 0 saturated heterocycles. The van der Waals surface area contributed by atoms with E-state index in [1.165, 1.54) is 0 Å². The number of halogens is 1. The number of hydrogen-bond donors (Lipinski definition) is 1. The fourth-order valence-electron chi connectivity index (χ4n) is 1.35. The fraction of sp³-hybridized carbons (Fsp3) is 0.333. The summed E-state index contributed by atoms with van der Waals surface area (Å²) in [5.41, 5.74) is 5.36. The largest absolute Gasteiger partial charge is 0.381 e. The average molecular weight is 194 g/mol. The van der Waals surface area contributed by atoms with E-state index < -0.39 is 5.82 Å². The van der Waals surface area contributed by atoms with Crippen LogP contribution in [0.1, 0.15) is 6.42 Å². The molecule has 1 aromatic heterocycles. The van der Waals surface area contributed by atoms with Gasteiger partial charge < -0.3 is 10.6 Å². The molecule has 0 fully saturated rings. The van der Waals surface area contributed by atoms with E-state index in [0.717, 1.165) is 25.7 Å². The van der Waals surface area contributed by atoms with Gasteiger partial charge in [-0.1, -0.05) is 12.2 Å². The van der Waals surface area contributed by atoms with Crippen molar-refractivity contribution in [3.05, 3.63) is 24.2 Å². The number of nitrogens with zero attached hydrogens (tertiary/aromatic N) is 3. The van der Waals surface area contributed by atoms with Gasteiger partial charge in [0.2, 0.25) is 5.95 Å². The van der Waals surface area contributed by atoms with E-state index in [-0.39, 0.29) is 5.82 Å². The highest BCUT2D eigenvalue weighted by Gasteiger charge is 2.11. The summed E-state index contributed by atoms with van der Waals surface area (Å²) < 4.78 is 12.8. The van der Waals surface area contributed by atoms with Crippen molar-refractivity contribution in [3.63, 3.8) is 0 Å². The number of rotatable bonds is 1. The lowest BCUT2D eigenvalue weighted by atomic mass is 10.3. The molecule has 4 nitrogen and oxygen atoms in total. The van der Waals surface area contributed by atoms with Crippen LogP contribution in [0.25, 0.3) is 0 Å². The summed E-state index contributed by atoms with van der Waals surface area (Å²) in [7, 11) is 0. The molecule has 5 heteroatoms. The van der Waals surface area contributed by atoms with Crippen molar-refractivity contribution < 1.29 is 4.39 Å². The zero-order chi connectivity index (χ0) is 9.97. The van der Waals surface area contributed by atoms with Crippen molar-refractivity contribution in [1.29, 1.82) is 0 Å². The third-order valence-electron chi connectivity index (χ3n) is 2.10. The minimum Gasteiger partial charge on any atom is -0.381 e. The molecule has 0 spiro atoms. The number of nitrogens with two attached hydrogens (primary N) is 1. The van der Waals surface area contributed by atoms with Gasteiger partial charge in [-0.25, -0.2) is 9.37 Å². The first-order chi connectivity index (χ1) is 6.77. The second-order valence-electron chi connectivity index (χ2n) is 3.11. The predicted molar refractivity (Wildman–Crippen MR) is 52.4 cm³/mol. The van der Waals surface area contributed by atoms with Crippen molar-refractivity contribution in [2.24, 2.45) is 0 Å². The van der Waals surface area contributed by atoms with Crippen LogP contribution >= 0.6 is 0 Å². The molecule has 74 valence electrons. The monoisotopic (exact) mass is 194 g/mol. The Labute approximate surface area is 81.3 Å². The number of hydrogen-bond acceptors (Lipinski definition) is 4. The standard InChI is InChI=1S/C9H11FN4/c10-7-6-12-9(13-8(7)11)14-4-2-1-3-5-14/h1-2,6H,3-5H2,(H2,11,12,13). The van der Waals surface area contributed by atoms with Gasteiger partial charge in [0, 0.05) is 13.1 Å². The Hall–Kier alpha value is -1.65. The van der Waals surface area contributed by atoms with Gasteiger partial charge in [-0.15, -0.1) is 0 Å². The van der Waals surface area contributed by atoms with Crippen LogP contribution in [0, 0.1) is 5.82 Å². The van der Waals surface area contributed by atoms with Gasteiger partial charge in [-0.2, -0.15) is 4.98 Å². The van der Waals surface area contributed by atoms with E-state index in [1.54, 1.807) is 0 Å². The zero-order valence-electron chi connectivity index (χ0n) is 7.65. The highest BCUT2D eigenvalue weighted by molar-refractivity contribution is 5.40. The molecule has 0 unspecified atom stereocenters. The molecule has 1 aromatic rings. The van der Waals surface area contributed by atoms with E-state index in [4.69, 9.17) is 5.73 Å². The average Bonchev–Trinajstić information content (AvgIpc) is 2.23. The van der Waals surface area contributed by atoms with E-state index in [0.29, 0.717) is 5.95 Å². The van der Waals surface area contributed by atoms with Crippen molar-refractivity contribution in [2.45, 2.75) is 6.42 Å². The minimum atomic E-state index is -0.568. The molecular weight excluding hydrogens is 183 g/mol. The Kier molecular flexibility index (Phi) is 2.30. The zero-order valence-corrected chi connectivity index (χ0v) is 7.65. The molecule has 1 aliphatic heterocycles. The first-order valence-corrected chi connectivity index (χ1v) is 4.45. The first-order valence-electron chi connectivity index (χ1n) is 4.45. The lowest BCUT2D eigenvalue weighted by Gasteiger charge is -2.23. The maximum Gasteiger partial charge on any atom is 0.227 e. The second-order valence-corrected chi connectivity index (χ2v) is 3.11. The highest BCUT2D eigenvalue weighted by atomic mass is 19.1. The summed E-state index contributed by atoms with van der Waals surface area (Å²) in [5.74, 6) is -0.167. The molecule has 2 rings (SSSR count). The quantitative estimate of drug-likeness (QED) is 0.677. The molecular formula is C9H11FN4. The molecule has 2 heterocycles. The van der Waals surface area contributed by atoms with Gasteiger partial charge in [-0.3, -0.25) is 0 Å². The third-order valence-corrected chi connectivity index (χ3v) is 2.10. The Morgan fingerprint density at radius 3 is 2.93 bits per heavy atom. The van der Waals surface area contributed by atoms with E-state index in [2.05, 4.69) is 16.0 Å².